The summed E-state index contributed by atoms with van der Waals surface area (Å²) in [5, 5.41) is 0. The van der Waals surface area contributed by atoms with Gasteiger partial charge in [-0.05, 0) is 6.42 Å². The molecule has 1 aromatic rings. The predicted molar refractivity (Wildman–Crippen MR) is 38.4 cm³/mol. The number of nitrogens with two attached hydrogens (primary N) is 1. The van der Waals surface area contributed by atoms with Crippen LogP contribution in [0, 0.1) is 0 Å². The van der Waals surface area contributed by atoms with Crippen molar-refractivity contribution in [2.45, 2.75) is 26.3 Å². The molecular weight excluding hydrogens is 128 g/mol. The standard InChI is InChI=1S/C7H12N2O/c1-2-3-6-7(4-8)10-5-9-6/h5H,2-4,8H2,1H3. The number of aromatic nitrogens is 1. The minimum absolute atomic E-state index is 0.454. The minimum atomic E-state index is 0.454. The van der Waals surface area contributed by atoms with Crippen molar-refractivity contribution < 1.29 is 4.42 Å². The van der Waals surface area contributed by atoms with E-state index in [-0.39, 0.29) is 0 Å². The lowest BCUT2D eigenvalue weighted by Crippen LogP contribution is -1.98. The first-order valence-electron chi connectivity index (χ1n) is 3.49. The summed E-state index contributed by atoms with van der Waals surface area (Å²) in [6, 6.07) is 0. The van der Waals surface area contributed by atoms with Crippen LogP contribution < -0.4 is 5.73 Å². The van der Waals surface area contributed by atoms with E-state index >= 15 is 0 Å². The van der Waals surface area contributed by atoms with Gasteiger partial charge in [0.05, 0.1) is 12.2 Å². The molecule has 2 N–H and O–H groups in total. The molecule has 0 unspecified atom stereocenters. The summed E-state index contributed by atoms with van der Waals surface area (Å²) in [5.41, 5.74) is 6.40. The maximum absolute atomic E-state index is 5.39. The Morgan fingerprint density at radius 1 is 1.70 bits per heavy atom. The van der Waals surface area contributed by atoms with Crippen LogP contribution in [0.2, 0.25) is 0 Å². The molecule has 0 aliphatic heterocycles. The maximum atomic E-state index is 5.39. The molecule has 0 saturated carbocycles. The van der Waals surface area contributed by atoms with Gasteiger partial charge in [0.25, 0.3) is 0 Å². The van der Waals surface area contributed by atoms with Crippen LogP contribution in [0.1, 0.15) is 24.8 Å². The van der Waals surface area contributed by atoms with Crippen LogP contribution in [0.3, 0.4) is 0 Å². The van der Waals surface area contributed by atoms with Gasteiger partial charge in [0.2, 0.25) is 0 Å². The highest BCUT2D eigenvalue weighted by atomic mass is 16.3. The smallest absolute Gasteiger partial charge is 0.181 e. The molecule has 0 aliphatic carbocycles. The van der Waals surface area contributed by atoms with E-state index in [1.54, 1.807) is 0 Å². The van der Waals surface area contributed by atoms with E-state index in [9.17, 15) is 0 Å². The van der Waals surface area contributed by atoms with Crippen molar-refractivity contribution in [1.29, 1.82) is 0 Å². The molecule has 0 fully saturated rings. The van der Waals surface area contributed by atoms with E-state index in [0.717, 1.165) is 24.3 Å². The number of oxazole rings is 1. The number of nitrogens with zero attached hydrogens (tertiary/aromatic N) is 1. The highest BCUT2D eigenvalue weighted by Crippen LogP contribution is 2.07. The second-order valence-corrected chi connectivity index (χ2v) is 2.18. The lowest BCUT2D eigenvalue weighted by molar-refractivity contribution is 0.503. The first-order chi connectivity index (χ1) is 4.88. The maximum Gasteiger partial charge on any atom is 0.181 e. The number of aryl methyl sites for hydroxylation is 1. The number of hydrogen-bond acceptors (Lipinski definition) is 3. The van der Waals surface area contributed by atoms with Crippen LogP contribution >= 0.6 is 0 Å². The van der Waals surface area contributed by atoms with Crippen molar-refractivity contribution in [3.63, 3.8) is 0 Å². The average Bonchev–Trinajstić information content (AvgIpc) is 2.36. The SMILES string of the molecule is CCCc1ncoc1CN. The van der Waals surface area contributed by atoms with Gasteiger partial charge >= 0.3 is 0 Å². The van der Waals surface area contributed by atoms with Gasteiger partial charge in [0, 0.05) is 0 Å². The van der Waals surface area contributed by atoms with Gasteiger partial charge in [-0.25, -0.2) is 4.98 Å². The zero-order chi connectivity index (χ0) is 7.40. The molecule has 1 heterocycles. The highest BCUT2D eigenvalue weighted by Gasteiger charge is 2.03. The molecule has 0 bridgehead atoms. The van der Waals surface area contributed by atoms with Crippen molar-refractivity contribution >= 4 is 0 Å². The normalized spacial score (nSPS) is 10.2. The second-order valence-electron chi connectivity index (χ2n) is 2.18. The Bertz CT molecular complexity index is 195. The van der Waals surface area contributed by atoms with Gasteiger partial charge in [-0.1, -0.05) is 13.3 Å². The molecule has 0 spiro atoms. The summed E-state index contributed by atoms with van der Waals surface area (Å²) in [4.78, 5) is 4.03. The lowest BCUT2D eigenvalue weighted by atomic mass is 10.2. The Labute approximate surface area is 60.2 Å². The lowest BCUT2D eigenvalue weighted by Gasteiger charge is -1.92. The predicted octanol–water partition coefficient (Wildman–Crippen LogP) is 1.09. The quantitative estimate of drug-likeness (QED) is 0.683. The van der Waals surface area contributed by atoms with Gasteiger partial charge in [0.15, 0.2) is 6.39 Å². The fraction of sp³-hybridized carbons (Fsp3) is 0.571. The van der Waals surface area contributed by atoms with Crippen LogP contribution in [0.4, 0.5) is 0 Å². The molecule has 56 valence electrons. The van der Waals surface area contributed by atoms with Crippen LogP contribution in [-0.4, -0.2) is 4.98 Å². The molecule has 3 heteroatoms. The Morgan fingerprint density at radius 2 is 2.50 bits per heavy atom. The van der Waals surface area contributed by atoms with Gasteiger partial charge in [-0.15, -0.1) is 0 Å². The largest absolute Gasteiger partial charge is 0.447 e. The van der Waals surface area contributed by atoms with Crippen molar-refractivity contribution in [3.8, 4) is 0 Å². The minimum Gasteiger partial charge on any atom is -0.447 e. The van der Waals surface area contributed by atoms with Crippen LogP contribution in [-0.2, 0) is 13.0 Å². The first-order valence-corrected chi connectivity index (χ1v) is 3.49. The zero-order valence-electron chi connectivity index (χ0n) is 6.13. The van der Waals surface area contributed by atoms with E-state index in [1.165, 1.54) is 6.39 Å². The summed E-state index contributed by atoms with van der Waals surface area (Å²) in [6.07, 6.45) is 3.50. The van der Waals surface area contributed by atoms with E-state index in [1.807, 2.05) is 0 Å². The molecular formula is C7H12N2O. The van der Waals surface area contributed by atoms with E-state index in [2.05, 4.69) is 11.9 Å². The van der Waals surface area contributed by atoms with Crippen LogP contribution in [0.25, 0.3) is 0 Å². The molecule has 0 radical (unpaired) electrons. The van der Waals surface area contributed by atoms with Gasteiger partial charge in [-0.2, -0.15) is 0 Å². The van der Waals surface area contributed by atoms with Crippen molar-refractivity contribution in [1.82, 2.24) is 4.98 Å². The van der Waals surface area contributed by atoms with Crippen LogP contribution in [0.15, 0.2) is 10.8 Å². The summed E-state index contributed by atoms with van der Waals surface area (Å²) in [7, 11) is 0. The third-order valence-electron chi connectivity index (χ3n) is 1.40. The topological polar surface area (TPSA) is 52.0 Å². The third kappa shape index (κ3) is 1.36. The Balaban J connectivity index is 2.70. The Hall–Kier alpha value is -0.830. The van der Waals surface area contributed by atoms with Crippen molar-refractivity contribution in [3.05, 3.63) is 17.8 Å². The van der Waals surface area contributed by atoms with Gasteiger partial charge < -0.3 is 10.2 Å². The molecule has 0 aromatic carbocycles. The second kappa shape index (κ2) is 3.37. The molecule has 1 rings (SSSR count). The summed E-state index contributed by atoms with van der Waals surface area (Å²) in [6.45, 7) is 2.56. The summed E-state index contributed by atoms with van der Waals surface area (Å²) < 4.78 is 5.03. The highest BCUT2D eigenvalue weighted by molar-refractivity contribution is 5.06. The summed E-state index contributed by atoms with van der Waals surface area (Å²) >= 11 is 0. The third-order valence-corrected chi connectivity index (χ3v) is 1.40. The molecule has 0 amide bonds. The van der Waals surface area contributed by atoms with Crippen molar-refractivity contribution in [2.75, 3.05) is 0 Å². The monoisotopic (exact) mass is 140 g/mol. The van der Waals surface area contributed by atoms with Gasteiger partial charge in [-0.3, -0.25) is 0 Å². The van der Waals surface area contributed by atoms with Gasteiger partial charge in [0.1, 0.15) is 5.76 Å². The number of hydrogen-bond donors (Lipinski definition) is 1. The van der Waals surface area contributed by atoms with E-state index < -0.39 is 0 Å². The fourth-order valence-corrected chi connectivity index (χ4v) is 0.900. The van der Waals surface area contributed by atoms with E-state index in [4.69, 9.17) is 10.2 Å². The van der Waals surface area contributed by atoms with E-state index in [0.29, 0.717) is 6.54 Å². The summed E-state index contributed by atoms with van der Waals surface area (Å²) in [5.74, 6) is 0.821. The Kier molecular flexibility index (Phi) is 2.45. The number of rotatable bonds is 3. The fourth-order valence-electron chi connectivity index (χ4n) is 0.900. The molecule has 1 aromatic heterocycles. The Morgan fingerprint density at radius 3 is 3.10 bits per heavy atom. The molecule has 0 atom stereocenters. The molecule has 10 heavy (non-hydrogen) atoms. The average molecular weight is 140 g/mol. The van der Waals surface area contributed by atoms with Crippen LogP contribution in [0.5, 0.6) is 0 Å². The van der Waals surface area contributed by atoms with Crippen molar-refractivity contribution in [2.24, 2.45) is 5.73 Å². The first kappa shape index (κ1) is 7.28. The molecule has 0 aliphatic rings. The molecule has 0 saturated heterocycles. The molecule has 3 nitrogen and oxygen atoms in total. The zero-order valence-corrected chi connectivity index (χ0v) is 6.13.